The summed E-state index contributed by atoms with van der Waals surface area (Å²) in [5.74, 6) is -1.16. The number of imide groups is 2. The first-order chi connectivity index (χ1) is 17.6. The summed E-state index contributed by atoms with van der Waals surface area (Å²) in [6.45, 7) is -1.95. The van der Waals surface area contributed by atoms with Crippen LogP contribution in [-0.2, 0) is 9.59 Å². The second-order valence-corrected chi connectivity index (χ2v) is 7.27. The van der Waals surface area contributed by atoms with Crippen molar-refractivity contribution < 1.29 is 48.8 Å². The number of rotatable bonds is 9. The Bertz CT molecular complexity index is 967. The van der Waals surface area contributed by atoms with Gasteiger partial charge >= 0.3 is 24.1 Å². The molecule has 202 valence electrons. The normalized spacial score (nSPS) is 21.8. The molecule has 37 heavy (non-hydrogen) atoms. The van der Waals surface area contributed by atoms with Gasteiger partial charge in [-0.25, -0.2) is 19.2 Å². The van der Waals surface area contributed by atoms with Crippen molar-refractivity contribution in [2.75, 3.05) is 33.1 Å². The van der Waals surface area contributed by atoms with E-state index in [2.05, 4.69) is 10.6 Å². The highest BCUT2D eigenvalue weighted by atomic mass is 16.5. The van der Waals surface area contributed by atoms with E-state index in [1.54, 1.807) is 0 Å². The molecule has 0 radical (unpaired) electrons. The van der Waals surface area contributed by atoms with Gasteiger partial charge in [0.1, 0.15) is 12.4 Å². The minimum atomic E-state index is -2.06. The SMILES string of the molecule is O=C(NCNC(=O)NC1(CO)NC(=O)NC1=O)NC1(CO)NC(=O)NC1=O.OCCOc1ccccc1. The molecule has 0 saturated carbocycles. The van der Waals surface area contributed by atoms with Crippen LogP contribution in [0.15, 0.2) is 30.3 Å². The Morgan fingerprint density at radius 1 is 0.784 bits per heavy atom. The number of nitrogens with one attached hydrogen (secondary N) is 8. The highest BCUT2D eigenvalue weighted by Crippen LogP contribution is 2.08. The quantitative estimate of drug-likeness (QED) is 0.109. The van der Waals surface area contributed by atoms with Crippen molar-refractivity contribution >= 4 is 35.9 Å². The fraction of sp³-hybridized carbons (Fsp3) is 0.368. The minimum absolute atomic E-state index is 0.0644. The van der Waals surface area contributed by atoms with Gasteiger partial charge in [-0.3, -0.25) is 20.2 Å². The maximum Gasteiger partial charge on any atom is 0.323 e. The van der Waals surface area contributed by atoms with Gasteiger partial charge in [-0.2, -0.15) is 0 Å². The number of urea groups is 4. The third-order valence-corrected chi connectivity index (χ3v) is 4.61. The molecule has 18 nitrogen and oxygen atoms in total. The van der Waals surface area contributed by atoms with Crippen molar-refractivity contribution in [2.24, 2.45) is 0 Å². The van der Waals surface area contributed by atoms with Gasteiger partial charge in [-0.15, -0.1) is 0 Å². The van der Waals surface area contributed by atoms with Crippen molar-refractivity contribution in [3.8, 4) is 5.75 Å². The van der Waals surface area contributed by atoms with Gasteiger partial charge in [-0.05, 0) is 12.1 Å². The van der Waals surface area contributed by atoms with Gasteiger partial charge in [-0.1, -0.05) is 18.2 Å². The zero-order valence-electron chi connectivity index (χ0n) is 19.1. The zero-order chi connectivity index (χ0) is 27.5. The summed E-state index contributed by atoms with van der Waals surface area (Å²) >= 11 is 0. The van der Waals surface area contributed by atoms with E-state index in [-0.39, 0.29) is 6.61 Å². The molecule has 2 saturated heterocycles. The molecular formula is C19H26N8O10. The highest BCUT2D eigenvalue weighted by molar-refractivity contribution is 6.09. The van der Waals surface area contributed by atoms with Crippen molar-refractivity contribution in [1.82, 2.24) is 42.5 Å². The lowest BCUT2D eigenvalue weighted by molar-refractivity contribution is -0.126. The molecule has 11 N–H and O–H groups in total. The zero-order valence-corrected chi connectivity index (χ0v) is 19.1. The number of hydrogen-bond donors (Lipinski definition) is 11. The maximum absolute atomic E-state index is 11.8. The van der Waals surface area contributed by atoms with Gasteiger partial charge in [0.15, 0.2) is 0 Å². The van der Waals surface area contributed by atoms with E-state index in [1.807, 2.05) is 62.2 Å². The van der Waals surface area contributed by atoms with Crippen LogP contribution in [-0.4, -0.2) is 95.7 Å². The molecular weight excluding hydrogens is 500 g/mol. The summed E-state index contributed by atoms with van der Waals surface area (Å²) in [4.78, 5) is 68.9. The molecule has 2 aliphatic rings. The summed E-state index contributed by atoms with van der Waals surface area (Å²) in [5, 5.41) is 42.8. The molecule has 0 bridgehead atoms. The summed E-state index contributed by atoms with van der Waals surface area (Å²) < 4.78 is 5.11. The number of ether oxygens (including phenoxy) is 1. The number of aliphatic hydroxyl groups is 3. The number of hydrogen-bond acceptors (Lipinski definition) is 10. The van der Waals surface area contributed by atoms with E-state index in [9.17, 15) is 39.0 Å². The molecule has 1 aromatic carbocycles. The average molecular weight is 526 g/mol. The molecule has 2 atom stereocenters. The van der Waals surface area contributed by atoms with Crippen molar-refractivity contribution in [3.05, 3.63) is 30.3 Å². The van der Waals surface area contributed by atoms with Crippen molar-refractivity contribution in [1.29, 1.82) is 0 Å². The number of amides is 10. The lowest BCUT2D eigenvalue weighted by Crippen LogP contribution is -2.66. The minimum Gasteiger partial charge on any atom is -0.491 e. The first-order valence-corrected chi connectivity index (χ1v) is 10.5. The first-order valence-electron chi connectivity index (χ1n) is 10.5. The third kappa shape index (κ3) is 7.65. The fourth-order valence-electron chi connectivity index (χ4n) is 2.82. The van der Waals surface area contributed by atoms with Crippen LogP contribution >= 0.6 is 0 Å². The van der Waals surface area contributed by atoms with Crippen LogP contribution in [0.5, 0.6) is 5.75 Å². The van der Waals surface area contributed by atoms with Crippen LogP contribution in [0.4, 0.5) is 19.2 Å². The molecule has 2 unspecified atom stereocenters. The summed E-state index contributed by atoms with van der Waals surface area (Å²) in [6, 6.07) is 5.52. The van der Waals surface area contributed by atoms with E-state index in [0.717, 1.165) is 5.75 Å². The number of para-hydroxylation sites is 1. The Morgan fingerprint density at radius 2 is 1.24 bits per heavy atom. The lowest BCUT2D eigenvalue weighted by atomic mass is 10.2. The predicted molar refractivity (Wildman–Crippen MR) is 120 cm³/mol. The van der Waals surface area contributed by atoms with Gasteiger partial charge in [0, 0.05) is 0 Å². The van der Waals surface area contributed by atoms with Crippen molar-refractivity contribution in [2.45, 2.75) is 11.3 Å². The Hall–Kier alpha value is -4.68. The largest absolute Gasteiger partial charge is 0.491 e. The smallest absolute Gasteiger partial charge is 0.323 e. The molecule has 0 spiro atoms. The molecule has 2 heterocycles. The summed E-state index contributed by atoms with van der Waals surface area (Å²) in [5.41, 5.74) is -4.12. The molecule has 0 aliphatic carbocycles. The van der Waals surface area contributed by atoms with Crippen LogP contribution in [0, 0.1) is 0 Å². The average Bonchev–Trinajstić information content (AvgIpc) is 3.31. The molecule has 2 fully saturated rings. The molecule has 1 aromatic rings. The van der Waals surface area contributed by atoms with Gasteiger partial charge in [0.2, 0.25) is 11.3 Å². The van der Waals surface area contributed by atoms with Crippen molar-refractivity contribution in [3.63, 3.8) is 0 Å². The number of carbonyl (C=O) groups is 6. The number of carbonyl (C=O) groups excluding carboxylic acids is 6. The molecule has 2 aliphatic heterocycles. The van der Waals surface area contributed by atoms with E-state index in [1.165, 1.54) is 0 Å². The molecule has 0 aromatic heterocycles. The number of benzene rings is 1. The van der Waals surface area contributed by atoms with E-state index in [4.69, 9.17) is 9.84 Å². The highest BCUT2D eigenvalue weighted by Gasteiger charge is 2.48. The monoisotopic (exact) mass is 526 g/mol. The topological polar surface area (TPSA) is 269 Å². The van der Waals surface area contributed by atoms with Crippen LogP contribution in [0.1, 0.15) is 0 Å². The Labute approximate surface area is 208 Å². The van der Waals surface area contributed by atoms with E-state index in [0.29, 0.717) is 6.61 Å². The maximum atomic E-state index is 11.8. The number of aliphatic hydroxyl groups excluding tert-OH is 3. The first kappa shape index (κ1) is 28.6. The molecule has 18 heteroatoms. The second-order valence-electron chi connectivity index (χ2n) is 7.27. The van der Waals surface area contributed by atoms with Crippen LogP contribution in [0.25, 0.3) is 0 Å². The van der Waals surface area contributed by atoms with E-state index >= 15 is 0 Å². The predicted octanol–water partition coefficient (Wildman–Crippen LogP) is -4.34. The third-order valence-electron chi connectivity index (χ3n) is 4.61. The molecule has 10 amide bonds. The second kappa shape index (κ2) is 12.9. The standard InChI is InChI=1S/C11H16N8O8.C8H10O2/c20-1-10(4(22)14-8(26)18-10)16-6(24)12-3-13-7(25)17-11(2-21)5(23)15-9(27)19-11;9-6-7-10-8-4-2-1-3-5-8/h20-21H,1-3H2,(H2,12,16,24)(H2,13,17,25)(H2,14,18,22,26)(H2,15,19,23,27);1-5,9H,6-7H2. The van der Waals surface area contributed by atoms with Gasteiger partial charge < -0.3 is 52.0 Å². The fourth-order valence-corrected chi connectivity index (χ4v) is 2.82. The van der Waals surface area contributed by atoms with Gasteiger partial charge in [0.25, 0.3) is 11.8 Å². The Morgan fingerprint density at radius 3 is 1.59 bits per heavy atom. The summed E-state index contributed by atoms with van der Waals surface area (Å²) in [6.07, 6.45) is 0. The molecule has 3 rings (SSSR count). The van der Waals surface area contributed by atoms with Crippen LogP contribution in [0.3, 0.4) is 0 Å². The summed E-state index contributed by atoms with van der Waals surface area (Å²) in [7, 11) is 0. The van der Waals surface area contributed by atoms with Crippen LogP contribution < -0.4 is 47.3 Å². The Kier molecular flexibility index (Phi) is 9.92. The van der Waals surface area contributed by atoms with E-state index < -0.39 is 67.1 Å². The van der Waals surface area contributed by atoms with Crippen LogP contribution in [0.2, 0.25) is 0 Å². The lowest BCUT2D eigenvalue weighted by Gasteiger charge is -2.26. The van der Waals surface area contributed by atoms with Gasteiger partial charge in [0.05, 0.1) is 26.5 Å². The Balaban J connectivity index is 0.000000402.